The molecular formula is C19H21NO5. The third kappa shape index (κ3) is 4.03. The Morgan fingerprint density at radius 1 is 1.24 bits per heavy atom. The fraction of sp³-hybridized carbons (Fsp3) is 0.316. The minimum atomic E-state index is -1.22. The lowest BCUT2D eigenvalue weighted by molar-refractivity contribution is -0.121. The summed E-state index contributed by atoms with van der Waals surface area (Å²) in [5.74, 6) is 1.79. The quantitative estimate of drug-likeness (QED) is 0.839. The van der Waals surface area contributed by atoms with Crippen LogP contribution in [0.2, 0.25) is 0 Å². The molecule has 2 aromatic rings. The van der Waals surface area contributed by atoms with Gasteiger partial charge < -0.3 is 24.6 Å². The van der Waals surface area contributed by atoms with Gasteiger partial charge in [0.15, 0.2) is 11.5 Å². The average Bonchev–Trinajstić information content (AvgIpc) is 3.08. The van der Waals surface area contributed by atoms with Crippen molar-refractivity contribution in [2.75, 3.05) is 20.4 Å². The Kier molecular flexibility index (Phi) is 4.81. The van der Waals surface area contributed by atoms with Gasteiger partial charge in [0.05, 0.1) is 20.1 Å². The molecule has 1 unspecified atom stereocenters. The molecule has 1 atom stereocenters. The van der Waals surface area contributed by atoms with Crippen molar-refractivity contribution in [1.82, 2.24) is 5.32 Å². The summed E-state index contributed by atoms with van der Waals surface area (Å²) in [4.78, 5) is 12.2. The van der Waals surface area contributed by atoms with Crippen molar-refractivity contribution in [2.24, 2.45) is 0 Å². The van der Waals surface area contributed by atoms with Gasteiger partial charge in [-0.05, 0) is 42.3 Å². The van der Waals surface area contributed by atoms with Crippen LogP contribution in [0.3, 0.4) is 0 Å². The number of carbonyl (C=O) groups is 1. The zero-order chi connectivity index (χ0) is 17.9. The second kappa shape index (κ2) is 7.03. The number of hydrogen-bond acceptors (Lipinski definition) is 5. The summed E-state index contributed by atoms with van der Waals surface area (Å²) >= 11 is 0. The minimum absolute atomic E-state index is 0.0927. The van der Waals surface area contributed by atoms with Gasteiger partial charge in [0, 0.05) is 0 Å². The van der Waals surface area contributed by atoms with Gasteiger partial charge in [0.25, 0.3) is 0 Å². The first-order chi connectivity index (χ1) is 12.0. The van der Waals surface area contributed by atoms with E-state index in [0.29, 0.717) is 22.8 Å². The molecule has 2 N–H and O–H groups in total. The molecule has 1 aliphatic heterocycles. The molecular weight excluding hydrogens is 322 g/mol. The maximum Gasteiger partial charge on any atom is 0.231 e. The highest BCUT2D eigenvalue weighted by Gasteiger charge is 2.26. The Hall–Kier alpha value is -2.73. The molecule has 0 aliphatic carbocycles. The molecule has 0 bridgehead atoms. The SMILES string of the molecule is COc1cccc(CC(=O)NCC(C)(O)c2ccc3c(c2)OCO3)c1. The van der Waals surface area contributed by atoms with Gasteiger partial charge in [-0.15, -0.1) is 0 Å². The number of benzene rings is 2. The first-order valence-corrected chi connectivity index (χ1v) is 8.00. The van der Waals surface area contributed by atoms with Crippen LogP contribution in [-0.4, -0.2) is 31.5 Å². The molecule has 0 saturated heterocycles. The fourth-order valence-corrected chi connectivity index (χ4v) is 2.63. The van der Waals surface area contributed by atoms with Gasteiger partial charge >= 0.3 is 0 Å². The Morgan fingerprint density at radius 3 is 2.84 bits per heavy atom. The fourth-order valence-electron chi connectivity index (χ4n) is 2.63. The van der Waals surface area contributed by atoms with E-state index < -0.39 is 5.60 Å². The number of ether oxygens (including phenoxy) is 3. The van der Waals surface area contributed by atoms with Crippen molar-refractivity contribution in [3.63, 3.8) is 0 Å². The van der Waals surface area contributed by atoms with E-state index in [4.69, 9.17) is 14.2 Å². The third-order valence-electron chi connectivity index (χ3n) is 4.12. The van der Waals surface area contributed by atoms with E-state index in [1.807, 2.05) is 24.3 Å². The Morgan fingerprint density at radius 2 is 2.04 bits per heavy atom. The van der Waals surface area contributed by atoms with Crippen molar-refractivity contribution in [3.05, 3.63) is 53.6 Å². The van der Waals surface area contributed by atoms with E-state index in [-0.39, 0.29) is 25.7 Å². The molecule has 0 radical (unpaired) electrons. The molecule has 0 fully saturated rings. The number of hydrogen-bond donors (Lipinski definition) is 2. The smallest absolute Gasteiger partial charge is 0.231 e. The number of nitrogens with one attached hydrogen (secondary N) is 1. The Labute approximate surface area is 146 Å². The maximum absolute atomic E-state index is 12.2. The number of methoxy groups -OCH3 is 1. The predicted molar refractivity (Wildman–Crippen MR) is 91.8 cm³/mol. The zero-order valence-corrected chi connectivity index (χ0v) is 14.2. The van der Waals surface area contributed by atoms with Crippen LogP contribution in [0.1, 0.15) is 18.1 Å². The van der Waals surface area contributed by atoms with Crippen molar-refractivity contribution >= 4 is 5.91 Å². The molecule has 0 spiro atoms. The summed E-state index contributed by atoms with van der Waals surface area (Å²) in [6.07, 6.45) is 0.217. The number of carbonyl (C=O) groups excluding carboxylic acids is 1. The Bertz CT molecular complexity index is 772. The van der Waals surface area contributed by atoms with Crippen LogP contribution in [0.25, 0.3) is 0 Å². The number of rotatable bonds is 6. The number of amides is 1. The van der Waals surface area contributed by atoms with Crippen LogP contribution in [0.5, 0.6) is 17.2 Å². The lowest BCUT2D eigenvalue weighted by atomic mass is 9.95. The van der Waals surface area contributed by atoms with Crippen LogP contribution in [0.15, 0.2) is 42.5 Å². The highest BCUT2D eigenvalue weighted by Crippen LogP contribution is 2.35. The van der Waals surface area contributed by atoms with Crippen molar-refractivity contribution in [3.8, 4) is 17.2 Å². The lowest BCUT2D eigenvalue weighted by Gasteiger charge is -2.24. The standard InChI is InChI=1S/C19H21NO5/c1-19(22,14-6-7-16-17(10-14)25-12-24-16)11-20-18(21)9-13-4-3-5-15(8-13)23-2/h3-8,10,22H,9,11-12H2,1-2H3,(H,20,21). The topological polar surface area (TPSA) is 77.0 Å². The molecule has 1 amide bonds. The van der Waals surface area contributed by atoms with E-state index in [9.17, 15) is 9.90 Å². The third-order valence-corrected chi connectivity index (χ3v) is 4.12. The number of fused-ring (bicyclic) bond motifs is 1. The Balaban J connectivity index is 1.60. The summed E-state index contributed by atoms with van der Waals surface area (Å²) in [6, 6.07) is 12.6. The van der Waals surface area contributed by atoms with E-state index >= 15 is 0 Å². The van der Waals surface area contributed by atoms with Crippen LogP contribution in [-0.2, 0) is 16.8 Å². The molecule has 132 valence electrons. The van der Waals surface area contributed by atoms with Gasteiger partial charge in [-0.1, -0.05) is 18.2 Å². The van der Waals surface area contributed by atoms with Gasteiger partial charge in [0.1, 0.15) is 11.4 Å². The largest absolute Gasteiger partial charge is 0.497 e. The summed E-state index contributed by atoms with van der Waals surface area (Å²) in [5, 5.41) is 13.5. The average molecular weight is 343 g/mol. The van der Waals surface area contributed by atoms with Gasteiger partial charge in [-0.2, -0.15) is 0 Å². The molecule has 1 aliphatic rings. The monoisotopic (exact) mass is 343 g/mol. The highest BCUT2D eigenvalue weighted by molar-refractivity contribution is 5.78. The van der Waals surface area contributed by atoms with Crippen LogP contribution in [0.4, 0.5) is 0 Å². The van der Waals surface area contributed by atoms with Crippen molar-refractivity contribution < 1.29 is 24.1 Å². The summed E-state index contributed by atoms with van der Waals surface area (Å²) < 4.78 is 15.7. The summed E-state index contributed by atoms with van der Waals surface area (Å²) in [7, 11) is 1.59. The lowest BCUT2D eigenvalue weighted by Crippen LogP contribution is -2.39. The van der Waals surface area contributed by atoms with Gasteiger partial charge in [-0.3, -0.25) is 4.79 Å². The minimum Gasteiger partial charge on any atom is -0.497 e. The van der Waals surface area contributed by atoms with E-state index in [1.54, 1.807) is 32.2 Å². The first kappa shape index (κ1) is 17.1. The number of aliphatic hydroxyl groups is 1. The summed E-state index contributed by atoms with van der Waals surface area (Å²) in [5.41, 5.74) is 0.281. The molecule has 6 nitrogen and oxygen atoms in total. The first-order valence-electron chi connectivity index (χ1n) is 8.00. The van der Waals surface area contributed by atoms with Crippen LogP contribution in [0, 0.1) is 0 Å². The predicted octanol–water partition coefficient (Wildman–Crippen LogP) is 1.99. The van der Waals surface area contributed by atoms with Crippen molar-refractivity contribution in [1.29, 1.82) is 0 Å². The van der Waals surface area contributed by atoms with Gasteiger partial charge in [0.2, 0.25) is 12.7 Å². The van der Waals surface area contributed by atoms with Crippen LogP contribution < -0.4 is 19.5 Å². The zero-order valence-electron chi connectivity index (χ0n) is 14.2. The van der Waals surface area contributed by atoms with E-state index in [2.05, 4.69) is 5.32 Å². The van der Waals surface area contributed by atoms with Crippen molar-refractivity contribution in [2.45, 2.75) is 18.9 Å². The van der Waals surface area contributed by atoms with Gasteiger partial charge in [-0.25, -0.2) is 0 Å². The normalized spacial score (nSPS) is 14.7. The highest BCUT2D eigenvalue weighted by atomic mass is 16.7. The second-order valence-electron chi connectivity index (χ2n) is 6.15. The molecule has 2 aromatic carbocycles. The second-order valence-corrected chi connectivity index (χ2v) is 6.15. The molecule has 6 heteroatoms. The maximum atomic E-state index is 12.2. The molecule has 3 rings (SSSR count). The molecule has 0 aromatic heterocycles. The molecule has 0 saturated carbocycles. The van der Waals surface area contributed by atoms with E-state index in [0.717, 1.165) is 5.56 Å². The van der Waals surface area contributed by atoms with Crippen LogP contribution >= 0.6 is 0 Å². The van der Waals surface area contributed by atoms with E-state index in [1.165, 1.54) is 0 Å². The molecule has 1 heterocycles. The molecule has 25 heavy (non-hydrogen) atoms. The summed E-state index contributed by atoms with van der Waals surface area (Å²) in [6.45, 7) is 1.92.